The maximum atomic E-state index is 11.1. The monoisotopic (exact) mass is 279 g/mol. The number of rotatable bonds is 5. The first-order chi connectivity index (χ1) is 9.51. The number of hydrogen-bond acceptors (Lipinski definition) is 3. The van der Waals surface area contributed by atoms with Gasteiger partial charge in [0.1, 0.15) is 11.9 Å². The lowest BCUT2D eigenvalue weighted by Gasteiger charge is -2.47. The van der Waals surface area contributed by atoms with Gasteiger partial charge < -0.3 is 14.6 Å². The minimum Gasteiger partial charge on any atom is -0.383 e. The molecule has 0 spiro atoms. The Morgan fingerprint density at radius 3 is 2.90 bits per heavy atom. The summed E-state index contributed by atoms with van der Waals surface area (Å²) in [6.45, 7) is 5.37. The molecular weight excluding hydrogens is 250 g/mol. The summed E-state index contributed by atoms with van der Waals surface area (Å²) in [4.78, 5) is 6.67. The highest BCUT2D eigenvalue weighted by Gasteiger charge is 2.45. The summed E-state index contributed by atoms with van der Waals surface area (Å²) in [6.07, 6.45) is 8.88. The van der Waals surface area contributed by atoms with Crippen molar-refractivity contribution in [3.05, 3.63) is 18.2 Å². The Morgan fingerprint density at radius 2 is 2.30 bits per heavy atom. The first kappa shape index (κ1) is 15.5. The summed E-state index contributed by atoms with van der Waals surface area (Å²) >= 11 is 0. The zero-order chi connectivity index (χ0) is 14.8. The van der Waals surface area contributed by atoms with Crippen LogP contribution in [0.4, 0.5) is 0 Å². The maximum Gasteiger partial charge on any atom is 0.139 e. The molecule has 0 radical (unpaired) electrons. The molecule has 0 aliphatic heterocycles. The van der Waals surface area contributed by atoms with Gasteiger partial charge in [-0.25, -0.2) is 4.98 Å². The van der Waals surface area contributed by atoms with Crippen LogP contribution in [0.5, 0.6) is 0 Å². The van der Waals surface area contributed by atoms with Gasteiger partial charge in [-0.3, -0.25) is 0 Å². The van der Waals surface area contributed by atoms with Gasteiger partial charge in [0.05, 0.1) is 5.54 Å². The molecule has 1 saturated carbocycles. The fourth-order valence-electron chi connectivity index (χ4n) is 3.70. The first-order valence-corrected chi connectivity index (χ1v) is 7.87. The number of likely N-dealkylation sites (N-methyl/N-ethyl adjacent to an activating group) is 1. The lowest BCUT2D eigenvalue weighted by Crippen LogP contribution is -2.52. The number of aliphatic hydroxyl groups is 1. The summed E-state index contributed by atoms with van der Waals surface area (Å²) in [5.41, 5.74) is -0.172. The summed E-state index contributed by atoms with van der Waals surface area (Å²) in [6, 6.07) is 0. The van der Waals surface area contributed by atoms with E-state index in [4.69, 9.17) is 0 Å². The van der Waals surface area contributed by atoms with Crippen LogP contribution in [0, 0.1) is 5.92 Å². The highest BCUT2D eigenvalue weighted by Crippen LogP contribution is 2.43. The van der Waals surface area contributed by atoms with Gasteiger partial charge in [-0.2, -0.15) is 0 Å². The van der Waals surface area contributed by atoms with Crippen LogP contribution in [0.1, 0.15) is 57.9 Å². The smallest absolute Gasteiger partial charge is 0.139 e. The van der Waals surface area contributed by atoms with Crippen molar-refractivity contribution in [2.24, 2.45) is 5.92 Å². The summed E-state index contributed by atoms with van der Waals surface area (Å²) < 4.78 is 2.11. The third-order valence-corrected chi connectivity index (χ3v) is 4.86. The van der Waals surface area contributed by atoms with Gasteiger partial charge in [0, 0.05) is 18.9 Å². The van der Waals surface area contributed by atoms with E-state index in [1.807, 2.05) is 12.4 Å². The van der Waals surface area contributed by atoms with Crippen molar-refractivity contribution in [1.29, 1.82) is 0 Å². The number of nitrogens with zero attached hydrogens (tertiary/aromatic N) is 3. The summed E-state index contributed by atoms with van der Waals surface area (Å²) in [7, 11) is 4.18. The van der Waals surface area contributed by atoms with Crippen LogP contribution in [0.2, 0.25) is 0 Å². The zero-order valence-corrected chi connectivity index (χ0v) is 13.3. The third kappa shape index (κ3) is 2.77. The SMILES string of the molecule is CCCn1ccnc1C(O)C1(N(C)C)CCCC(C)C1. The van der Waals surface area contributed by atoms with Gasteiger partial charge in [0.2, 0.25) is 0 Å². The van der Waals surface area contributed by atoms with E-state index in [0.717, 1.165) is 31.6 Å². The van der Waals surface area contributed by atoms with Gasteiger partial charge in [0.25, 0.3) is 0 Å². The molecule has 0 bridgehead atoms. The van der Waals surface area contributed by atoms with Crippen LogP contribution in [0.3, 0.4) is 0 Å². The number of aromatic nitrogens is 2. The molecule has 1 heterocycles. The molecule has 1 aliphatic rings. The minimum absolute atomic E-state index is 0.172. The molecule has 1 aromatic rings. The zero-order valence-electron chi connectivity index (χ0n) is 13.3. The topological polar surface area (TPSA) is 41.3 Å². The Bertz CT molecular complexity index is 429. The van der Waals surface area contributed by atoms with Gasteiger partial charge in [-0.15, -0.1) is 0 Å². The summed E-state index contributed by atoms with van der Waals surface area (Å²) in [5.74, 6) is 1.49. The average molecular weight is 279 g/mol. The predicted molar refractivity (Wildman–Crippen MR) is 81.5 cm³/mol. The number of aliphatic hydroxyl groups excluding tert-OH is 1. The van der Waals surface area contributed by atoms with Crippen LogP contribution >= 0.6 is 0 Å². The van der Waals surface area contributed by atoms with Crippen LogP contribution in [-0.2, 0) is 6.54 Å². The maximum absolute atomic E-state index is 11.1. The van der Waals surface area contributed by atoms with Crippen molar-refractivity contribution in [3.63, 3.8) is 0 Å². The quantitative estimate of drug-likeness (QED) is 0.901. The van der Waals surface area contributed by atoms with Crippen molar-refractivity contribution in [1.82, 2.24) is 14.5 Å². The van der Waals surface area contributed by atoms with Crippen LogP contribution < -0.4 is 0 Å². The van der Waals surface area contributed by atoms with Crippen LogP contribution in [0.25, 0.3) is 0 Å². The van der Waals surface area contributed by atoms with E-state index in [0.29, 0.717) is 5.92 Å². The van der Waals surface area contributed by atoms with Gasteiger partial charge in [-0.1, -0.05) is 26.7 Å². The number of imidazole rings is 1. The Morgan fingerprint density at radius 1 is 1.55 bits per heavy atom. The Kier molecular flexibility index (Phi) is 4.86. The normalized spacial score (nSPS) is 28.8. The van der Waals surface area contributed by atoms with Crippen molar-refractivity contribution >= 4 is 0 Å². The second kappa shape index (κ2) is 6.27. The number of aryl methyl sites for hydroxylation is 1. The minimum atomic E-state index is -0.512. The molecule has 1 aromatic heterocycles. The molecular formula is C16H29N3O. The molecule has 3 unspecified atom stereocenters. The van der Waals surface area contributed by atoms with E-state index in [2.05, 4.69) is 42.4 Å². The van der Waals surface area contributed by atoms with Crippen molar-refractivity contribution in [2.75, 3.05) is 14.1 Å². The van der Waals surface area contributed by atoms with Crippen LogP contribution in [-0.4, -0.2) is 39.2 Å². The molecule has 114 valence electrons. The Labute approximate surface area is 122 Å². The lowest BCUT2D eigenvalue weighted by molar-refractivity contribution is -0.0507. The second-order valence-electron chi connectivity index (χ2n) is 6.58. The van der Waals surface area contributed by atoms with Gasteiger partial charge in [-0.05, 0) is 39.3 Å². The van der Waals surface area contributed by atoms with Crippen molar-refractivity contribution in [2.45, 2.75) is 64.1 Å². The molecule has 1 N–H and O–H groups in total. The number of hydrogen-bond donors (Lipinski definition) is 1. The van der Waals surface area contributed by atoms with Gasteiger partial charge in [0.15, 0.2) is 0 Å². The first-order valence-electron chi connectivity index (χ1n) is 7.87. The second-order valence-corrected chi connectivity index (χ2v) is 6.58. The Balaban J connectivity index is 2.31. The highest BCUT2D eigenvalue weighted by molar-refractivity contribution is 5.09. The Hall–Kier alpha value is -0.870. The van der Waals surface area contributed by atoms with E-state index in [1.54, 1.807) is 0 Å². The lowest BCUT2D eigenvalue weighted by atomic mass is 9.72. The molecule has 0 aromatic carbocycles. The van der Waals surface area contributed by atoms with E-state index >= 15 is 0 Å². The van der Waals surface area contributed by atoms with Gasteiger partial charge >= 0.3 is 0 Å². The molecule has 0 amide bonds. The molecule has 2 rings (SSSR count). The largest absolute Gasteiger partial charge is 0.383 e. The molecule has 0 saturated heterocycles. The average Bonchev–Trinajstić information content (AvgIpc) is 2.86. The highest BCUT2D eigenvalue weighted by atomic mass is 16.3. The fraction of sp³-hybridized carbons (Fsp3) is 0.812. The molecule has 3 atom stereocenters. The fourth-order valence-corrected chi connectivity index (χ4v) is 3.70. The molecule has 4 heteroatoms. The standard InChI is InChI=1S/C16H29N3O/c1-5-10-19-11-9-17-15(19)14(20)16(18(3)4)8-6-7-13(2)12-16/h9,11,13-14,20H,5-8,10,12H2,1-4H3. The van der Waals surface area contributed by atoms with Crippen molar-refractivity contribution in [3.8, 4) is 0 Å². The van der Waals surface area contributed by atoms with E-state index in [-0.39, 0.29) is 5.54 Å². The molecule has 4 nitrogen and oxygen atoms in total. The van der Waals surface area contributed by atoms with Crippen LogP contribution in [0.15, 0.2) is 12.4 Å². The molecule has 1 aliphatic carbocycles. The molecule has 20 heavy (non-hydrogen) atoms. The third-order valence-electron chi connectivity index (χ3n) is 4.86. The van der Waals surface area contributed by atoms with E-state index < -0.39 is 6.10 Å². The summed E-state index contributed by atoms with van der Waals surface area (Å²) in [5, 5.41) is 11.1. The van der Waals surface area contributed by atoms with E-state index in [1.165, 1.54) is 12.8 Å². The molecule has 1 fully saturated rings. The predicted octanol–water partition coefficient (Wildman–Crippen LogP) is 2.84. The van der Waals surface area contributed by atoms with E-state index in [9.17, 15) is 5.11 Å². The van der Waals surface area contributed by atoms with Crippen molar-refractivity contribution < 1.29 is 5.11 Å².